The molecule has 1 aliphatic rings. The number of nitrogens with one attached hydrogen (secondary N) is 2. The largest absolute Gasteiger partial charge is 0.481 e. The molecule has 3 N–H and O–H groups in total. The van der Waals surface area contributed by atoms with Gasteiger partial charge in [-0.3, -0.25) is 19.3 Å². The topological polar surface area (TPSA) is 108 Å². The van der Waals surface area contributed by atoms with E-state index >= 15 is 0 Å². The number of carboxylic acids is 1. The van der Waals surface area contributed by atoms with Crippen molar-refractivity contribution >= 4 is 40.5 Å². The number of anilines is 2. The van der Waals surface area contributed by atoms with Crippen LogP contribution in [0.4, 0.5) is 15.8 Å². The van der Waals surface area contributed by atoms with Crippen LogP contribution in [0.2, 0.25) is 0 Å². The van der Waals surface area contributed by atoms with Gasteiger partial charge in [-0.05, 0) is 35.7 Å². The van der Waals surface area contributed by atoms with E-state index in [1.165, 1.54) is 28.4 Å². The number of carbonyl (C=O) groups excluding carboxylic acids is 2. The lowest BCUT2D eigenvalue weighted by atomic mass is 10.1. The van der Waals surface area contributed by atoms with Gasteiger partial charge >= 0.3 is 5.97 Å². The molecule has 2 aromatic carbocycles. The zero-order valence-electron chi connectivity index (χ0n) is 17.5. The minimum Gasteiger partial charge on any atom is -0.481 e. The number of carbonyl (C=O) groups is 3. The number of nitrogens with zero attached hydrogens (tertiary/aromatic N) is 1. The number of carboxylic acid groups (broad SMARTS) is 1. The van der Waals surface area contributed by atoms with Crippen LogP contribution in [0.25, 0.3) is 0 Å². The number of ether oxygens (including phenoxy) is 1. The quantitative estimate of drug-likeness (QED) is 0.485. The van der Waals surface area contributed by atoms with Gasteiger partial charge in [-0.15, -0.1) is 11.3 Å². The SMILES string of the molecule is CNc1cc2c(cc1F)C(=O)N(c1cccc(C(=O)NC(CC(=O)O)c3cccs3)c1)CO2. The zero-order valence-corrected chi connectivity index (χ0v) is 18.3. The summed E-state index contributed by atoms with van der Waals surface area (Å²) in [7, 11) is 1.57. The van der Waals surface area contributed by atoms with Gasteiger partial charge < -0.3 is 20.5 Å². The number of amides is 2. The molecule has 0 saturated heterocycles. The Morgan fingerprint density at radius 2 is 2.06 bits per heavy atom. The predicted octanol–water partition coefficient (Wildman–Crippen LogP) is 3.87. The third-order valence-corrected chi connectivity index (χ3v) is 6.14. The van der Waals surface area contributed by atoms with Gasteiger partial charge in [0.2, 0.25) is 0 Å². The summed E-state index contributed by atoms with van der Waals surface area (Å²) in [4.78, 5) is 39.1. The maximum Gasteiger partial charge on any atom is 0.305 e. The Balaban J connectivity index is 1.56. The molecule has 10 heteroatoms. The number of aliphatic carboxylic acids is 1. The predicted molar refractivity (Wildman–Crippen MR) is 121 cm³/mol. The summed E-state index contributed by atoms with van der Waals surface area (Å²) in [6, 6.07) is 11.7. The lowest BCUT2D eigenvalue weighted by molar-refractivity contribution is -0.137. The van der Waals surface area contributed by atoms with Gasteiger partial charge in [-0.25, -0.2) is 4.39 Å². The lowest BCUT2D eigenvalue weighted by Gasteiger charge is -2.29. The van der Waals surface area contributed by atoms with Crippen LogP contribution in [0, 0.1) is 5.82 Å². The molecule has 2 amide bonds. The minimum atomic E-state index is -1.04. The van der Waals surface area contributed by atoms with Gasteiger partial charge in [0.15, 0.2) is 6.73 Å². The summed E-state index contributed by atoms with van der Waals surface area (Å²) >= 11 is 1.35. The highest BCUT2D eigenvalue weighted by molar-refractivity contribution is 7.10. The molecule has 3 aromatic rings. The highest BCUT2D eigenvalue weighted by atomic mass is 32.1. The van der Waals surface area contributed by atoms with Crippen LogP contribution in [0.5, 0.6) is 5.75 Å². The van der Waals surface area contributed by atoms with Gasteiger partial charge in [0.05, 0.1) is 23.7 Å². The lowest BCUT2D eigenvalue weighted by Crippen LogP contribution is -2.39. The summed E-state index contributed by atoms with van der Waals surface area (Å²) in [5.41, 5.74) is 0.930. The van der Waals surface area contributed by atoms with Gasteiger partial charge in [0.1, 0.15) is 11.6 Å². The molecule has 1 aliphatic heterocycles. The number of thiophene rings is 1. The average molecular weight is 469 g/mol. The first-order chi connectivity index (χ1) is 15.9. The molecule has 33 heavy (non-hydrogen) atoms. The standard InChI is InChI=1S/C23H20FN3O5S/c1-25-17-10-19-15(9-16(17)24)23(31)27(12-32-19)14-5-2-4-13(8-14)22(30)26-18(11-21(28)29)20-6-3-7-33-20/h2-10,18,25H,11-12H2,1H3,(H,26,30)(H,28,29). The second-order valence-electron chi connectivity index (χ2n) is 7.27. The Morgan fingerprint density at radius 3 is 2.76 bits per heavy atom. The van der Waals surface area contributed by atoms with Crippen LogP contribution < -0.4 is 20.3 Å². The molecule has 8 nitrogen and oxygen atoms in total. The first-order valence-corrected chi connectivity index (χ1v) is 10.9. The monoisotopic (exact) mass is 469 g/mol. The Kier molecular flexibility index (Phi) is 6.27. The van der Waals surface area contributed by atoms with Crippen LogP contribution in [-0.2, 0) is 4.79 Å². The van der Waals surface area contributed by atoms with Crippen molar-refractivity contribution in [2.45, 2.75) is 12.5 Å². The Hall–Kier alpha value is -3.92. The van der Waals surface area contributed by atoms with E-state index in [1.807, 2.05) is 0 Å². The molecule has 1 atom stereocenters. The second-order valence-corrected chi connectivity index (χ2v) is 8.25. The van der Waals surface area contributed by atoms with Crippen LogP contribution in [0.1, 0.15) is 38.1 Å². The smallest absolute Gasteiger partial charge is 0.305 e. The first-order valence-electron chi connectivity index (χ1n) is 9.99. The first kappa shape index (κ1) is 22.3. The Morgan fingerprint density at radius 1 is 1.24 bits per heavy atom. The molecule has 0 aliphatic carbocycles. The van der Waals surface area contributed by atoms with Crippen LogP contribution >= 0.6 is 11.3 Å². The van der Waals surface area contributed by atoms with E-state index in [0.29, 0.717) is 5.69 Å². The van der Waals surface area contributed by atoms with E-state index < -0.39 is 29.6 Å². The summed E-state index contributed by atoms with van der Waals surface area (Å²) in [6.07, 6.45) is -0.263. The van der Waals surface area contributed by atoms with Crippen molar-refractivity contribution in [2.24, 2.45) is 0 Å². The summed E-state index contributed by atoms with van der Waals surface area (Å²) in [5, 5.41) is 16.5. The fourth-order valence-corrected chi connectivity index (χ4v) is 4.28. The molecule has 0 fully saturated rings. The number of halogens is 1. The van der Waals surface area contributed by atoms with E-state index in [2.05, 4.69) is 10.6 Å². The van der Waals surface area contributed by atoms with Crippen molar-refractivity contribution < 1.29 is 28.6 Å². The number of benzene rings is 2. The number of hydrogen-bond acceptors (Lipinski definition) is 6. The number of hydrogen-bond donors (Lipinski definition) is 3. The fourth-order valence-electron chi connectivity index (χ4n) is 3.50. The molecule has 4 rings (SSSR count). The molecule has 0 radical (unpaired) electrons. The molecule has 2 heterocycles. The molecule has 0 saturated carbocycles. The highest BCUT2D eigenvalue weighted by Gasteiger charge is 2.29. The summed E-state index contributed by atoms with van der Waals surface area (Å²) in [6.45, 7) is -0.109. The number of rotatable bonds is 7. The van der Waals surface area contributed by atoms with E-state index in [9.17, 15) is 23.9 Å². The van der Waals surface area contributed by atoms with Crippen molar-refractivity contribution in [3.63, 3.8) is 0 Å². The second kappa shape index (κ2) is 9.29. The van der Waals surface area contributed by atoms with Crippen LogP contribution in [-0.4, -0.2) is 36.7 Å². The third-order valence-electron chi connectivity index (χ3n) is 5.15. The molecular weight excluding hydrogens is 449 g/mol. The van der Waals surface area contributed by atoms with Crippen molar-refractivity contribution in [1.29, 1.82) is 0 Å². The maximum absolute atomic E-state index is 14.2. The maximum atomic E-state index is 14.2. The van der Waals surface area contributed by atoms with E-state index in [0.717, 1.165) is 10.9 Å². The van der Waals surface area contributed by atoms with Crippen molar-refractivity contribution in [2.75, 3.05) is 24.0 Å². The van der Waals surface area contributed by atoms with Crippen molar-refractivity contribution in [1.82, 2.24) is 5.32 Å². The summed E-state index contributed by atoms with van der Waals surface area (Å²) in [5.74, 6) is -2.29. The van der Waals surface area contributed by atoms with Crippen molar-refractivity contribution in [3.8, 4) is 5.75 Å². The van der Waals surface area contributed by atoms with E-state index in [1.54, 1.807) is 42.8 Å². The fraction of sp³-hybridized carbons (Fsp3) is 0.174. The summed E-state index contributed by atoms with van der Waals surface area (Å²) < 4.78 is 19.8. The zero-order chi connectivity index (χ0) is 23.5. The molecule has 1 aromatic heterocycles. The van der Waals surface area contributed by atoms with Gasteiger partial charge in [0.25, 0.3) is 11.8 Å². The number of fused-ring (bicyclic) bond motifs is 1. The van der Waals surface area contributed by atoms with Crippen LogP contribution in [0.3, 0.4) is 0 Å². The van der Waals surface area contributed by atoms with Crippen molar-refractivity contribution in [3.05, 3.63) is 75.7 Å². The minimum absolute atomic E-state index is 0.0758. The van der Waals surface area contributed by atoms with Crippen LogP contribution in [0.15, 0.2) is 53.9 Å². The van der Waals surface area contributed by atoms with E-state index in [-0.39, 0.29) is 35.7 Å². The molecule has 170 valence electrons. The van der Waals surface area contributed by atoms with E-state index in [4.69, 9.17) is 4.74 Å². The molecule has 0 bridgehead atoms. The molecule has 0 spiro atoms. The van der Waals surface area contributed by atoms with Gasteiger partial charge in [-0.2, -0.15) is 0 Å². The Bertz CT molecular complexity index is 1210. The molecule has 1 unspecified atom stereocenters. The van der Waals surface area contributed by atoms with Gasteiger partial charge in [-0.1, -0.05) is 12.1 Å². The average Bonchev–Trinajstić information content (AvgIpc) is 3.34. The molecular formula is C23H20FN3O5S. The third kappa shape index (κ3) is 4.65. The Labute approximate surface area is 192 Å². The van der Waals surface area contributed by atoms with Gasteiger partial charge in [0, 0.05) is 29.2 Å². The normalized spacial score (nSPS) is 13.6. The highest BCUT2D eigenvalue weighted by Crippen LogP contribution is 2.33.